The summed E-state index contributed by atoms with van der Waals surface area (Å²) in [6.45, 7) is 8.39. The number of hydrogen-bond acceptors (Lipinski definition) is 5. The Morgan fingerprint density at radius 3 is 2.62 bits per heavy atom. The maximum atomic E-state index is 15.7. The van der Waals surface area contributed by atoms with Gasteiger partial charge < -0.3 is 19.8 Å². The quantitative estimate of drug-likeness (QED) is 0.323. The standard InChI is InChI=1S/C40H47FN4O3/c1-5-19-45(38(47)35-14-12-27-9-7-8-10-34(27)42-35)26(3)37(46)44-22-20-43(21-23-44)36-25-31-28(24-33(36)41)11-13-30-29(31)15-17-39(4)32(30)16-18-40(39,48)6-2/h2,7-10,12,14,24-26,29-30,32,48H,5,11,13,15-23H2,1,3-4H3/t26-,29?,30+,32?,39-,40-/m0/s1. The number of carbonyl (C=O) groups excluding carboxylic acids is 2. The zero-order valence-electron chi connectivity index (χ0n) is 28.4. The van der Waals surface area contributed by atoms with E-state index in [0.29, 0.717) is 68.3 Å². The van der Waals surface area contributed by atoms with Gasteiger partial charge in [0.1, 0.15) is 23.2 Å². The van der Waals surface area contributed by atoms with Crippen molar-refractivity contribution in [3.05, 3.63) is 71.2 Å². The molecule has 2 unspecified atom stereocenters. The van der Waals surface area contributed by atoms with E-state index in [1.807, 2.05) is 42.2 Å². The minimum Gasteiger partial charge on any atom is -0.377 e. The number of nitrogens with zero attached hydrogens (tertiary/aromatic N) is 4. The Morgan fingerprint density at radius 1 is 1.10 bits per heavy atom. The van der Waals surface area contributed by atoms with Crippen LogP contribution in [0.2, 0.25) is 0 Å². The maximum absolute atomic E-state index is 15.7. The van der Waals surface area contributed by atoms with Crippen LogP contribution in [0.25, 0.3) is 10.9 Å². The molecular formula is C40H47FN4O3. The fourth-order valence-electron chi connectivity index (χ4n) is 9.68. The minimum absolute atomic E-state index is 0.0975. The molecule has 2 aromatic carbocycles. The lowest BCUT2D eigenvalue weighted by Crippen LogP contribution is -2.55. The first-order valence-corrected chi connectivity index (χ1v) is 17.8. The Labute approximate surface area is 283 Å². The van der Waals surface area contributed by atoms with Gasteiger partial charge in [0.25, 0.3) is 5.91 Å². The highest BCUT2D eigenvalue weighted by atomic mass is 19.1. The van der Waals surface area contributed by atoms with E-state index in [4.69, 9.17) is 6.42 Å². The monoisotopic (exact) mass is 650 g/mol. The van der Waals surface area contributed by atoms with Crippen molar-refractivity contribution in [1.29, 1.82) is 0 Å². The third kappa shape index (κ3) is 5.26. The van der Waals surface area contributed by atoms with E-state index in [1.54, 1.807) is 24.0 Å². The van der Waals surface area contributed by atoms with E-state index in [1.165, 1.54) is 5.56 Å². The van der Waals surface area contributed by atoms with Crippen LogP contribution >= 0.6 is 0 Å². The number of amides is 2. The molecule has 8 heteroatoms. The number of piperazine rings is 1. The van der Waals surface area contributed by atoms with Crippen LogP contribution in [0, 0.1) is 35.4 Å². The van der Waals surface area contributed by atoms with E-state index in [9.17, 15) is 14.7 Å². The molecule has 2 heterocycles. The lowest BCUT2D eigenvalue weighted by Gasteiger charge is -2.52. The highest BCUT2D eigenvalue weighted by Crippen LogP contribution is 2.64. The van der Waals surface area contributed by atoms with Crippen LogP contribution < -0.4 is 4.90 Å². The molecule has 0 spiro atoms. The van der Waals surface area contributed by atoms with Crippen molar-refractivity contribution in [2.75, 3.05) is 37.6 Å². The topological polar surface area (TPSA) is 77.0 Å². The highest BCUT2D eigenvalue weighted by Gasteiger charge is 2.61. The normalized spacial score (nSPS) is 28.6. The SMILES string of the molecule is C#C[C@]1(O)CCC2[C@@H]3CCc4cc(F)c(N5CCN(C(=O)[C@H](C)N(CCC)C(=O)c6ccc7ccccc7n6)CC5)cc4C3CC[C@@]21C. The molecule has 1 aromatic heterocycles. The molecule has 252 valence electrons. The van der Waals surface area contributed by atoms with Crippen molar-refractivity contribution in [2.45, 2.75) is 83.3 Å². The molecule has 0 bridgehead atoms. The number of benzene rings is 2. The number of terminal acetylenes is 1. The summed E-state index contributed by atoms with van der Waals surface area (Å²) in [4.78, 5) is 37.6. The molecule has 1 aliphatic heterocycles. The van der Waals surface area contributed by atoms with Gasteiger partial charge in [-0.25, -0.2) is 9.37 Å². The summed E-state index contributed by atoms with van der Waals surface area (Å²) < 4.78 is 15.7. The molecule has 1 N–H and O–H groups in total. The fraction of sp³-hybridized carbons (Fsp3) is 0.525. The Bertz CT molecular complexity index is 1780. The smallest absolute Gasteiger partial charge is 0.273 e. The highest BCUT2D eigenvalue weighted by molar-refractivity contribution is 5.97. The lowest BCUT2D eigenvalue weighted by molar-refractivity contribution is -0.135. The van der Waals surface area contributed by atoms with Crippen LogP contribution in [0.4, 0.5) is 10.1 Å². The molecule has 4 aliphatic rings. The van der Waals surface area contributed by atoms with Crippen LogP contribution in [-0.4, -0.2) is 76.1 Å². The number of hydrogen-bond donors (Lipinski definition) is 1. The molecule has 7 rings (SSSR count). The summed E-state index contributed by atoms with van der Waals surface area (Å²) in [7, 11) is 0. The third-order valence-corrected chi connectivity index (χ3v) is 12.5. The Balaban J connectivity index is 1.04. The van der Waals surface area contributed by atoms with E-state index in [2.05, 4.69) is 28.8 Å². The number of rotatable bonds is 6. The number of fused-ring (bicyclic) bond motifs is 6. The predicted molar refractivity (Wildman–Crippen MR) is 186 cm³/mol. The zero-order valence-corrected chi connectivity index (χ0v) is 28.4. The van der Waals surface area contributed by atoms with Crippen molar-refractivity contribution in [3.8, 4) is 12.3 Å². The first-order chi connectivity index (χ1) is 23.1. The summed E-state index contributed by atoms with van der Waals surface area (Å²) >= 11 is 0. The van der Waals surface area contributed by atoms with Gasteiger partial charge in [-0.15, -0.1) is 6.42 Å². The van der Waals surface area contributed by atoms with Crippen molar-refractivity contribution >= 4 is 28.4 Å². The Hall–Kier alpha value is -3.96. The van der Waals surface area contributed by atoms with Gasteiger partial charge in [-0.05, 0) is 105 Å². The lowest BCUT2D eigenvalue weighted by atomic mass is 9.53. The fourth-order valence-corrected chi connectivity index (χ4v) is 9.68. The number of anilines is 1. The molecule has 2 saturated carbocycles. The number of aliphatic hydroxyl groups is 1. The average Bonchev–Trinajstić information content (AvgIpc) is 3.39. The number of halogens is 1. The number of aromatic nitrogens is 1. The Kier molecular flexibility index (Phi) is 8.48. The van der Waals surface area contributed by atoms with Gasteiger partial charge in [0.15, 0.2) is 0 Å². The van der Waals surface area contributed by atoms with Gasteiger partial charge in [0.05, 0.1) is 11.2 Å². The van der Waals surface area contributed by atoms with E-state index in [-0.39, 0.29) is 23.0 Å². The maximum Gasteiger partial charge on any atom is 0.273 e. The molecule has 0 radical (unpaired) electrons. The van der Waals surface area contributed by atoms with E-state index >= 15 is 4.39 Å². The molecule has 7 nitrogen and oxygen atoms in total. The van der Waals surface area contributed by atoms with Crippen LogP contribution in [0.5, 0.6) is 0 Å². The Morgan fingerprint density at radius 2 is 1.88 bits per heavy atom. The van der Waals surface area contributed by atoms with Crippen LogP contribution in [0.15, 0.2) is 48.5 Å². The van der Waals surface area contributed by atoms with Gasteiger partial charge in [-0.1, -0.05) is 44.0 Å². The van der Waals surface area contributed by atoms with Gasteiger partial charge in [0, 0.05) is 43.5 Å². The van der Waals surface area contributed by atoms with Crippen molar-refractivity contribution in [1.82, 2.24) is 14.8 Å². The molecule has 1 saturated heterocycles. The molecule has 3 aliphatic carbocycles. The third-order valence-electron chi connectivity index (χ3n) is 12.5. The predicted octanol–water partition coefficient (Wildman–Crippen LogP) is 6.18. The molecule has 2 amide bonds. The van der Waals surface area contributed by atoms with Gasteiger partial charge in [0.2, 0.25) is 5.91 Å². The minimum atomic E-state index is -1.04. The zero-order chi connectivity index (χ0) is 33.8. The van der Waals surface area contributed by atoms with Crippen LogP contribution in [0.1, 0.15) is 86.8 Å². The summed E-state index contributed by atoms with van der Waals surface area (Å²) in [5.74, 6) is 3.35. The molecule has 6 atom stereocenters. The van der Waals surface area contributed by atoms with E-state index < -0.39 is 11.6 Å². The summed E-state index contributed by atoms with van der Waals surface area (Å²) in [6, 6.07) is 14.5. The number of para-hydroxylation sites is 1. The number of pyridine rings is 1. The summed E-state index contributed by atoms with van der Waals surface area (Å²) in [6.07, 6.45) is 11.8. The van der Waals surface area contributed by atoms with Gasteiger partial charge in [-0.3, -0.25) is 9.59 Å². The summed E-state index contributed by atoms with van der Waals surface area (Å²) in [5.41, 5.74) is 2.74. The van der Waals surface area contributed by atoms with Crippen LogP contribution in [0.3, 0.4) is 0 Å². The van der Waals surface area contributed by atoms with Crippen molar-refractivity contribution in [2.24, 2.45) is 17.3 Å². The van der Waals surface area contributed by atoms with Gasteiger partial charge >= 0.3 is 0 Å². The molecule has 48 heavy (non-hydrogen) atoms. The van der Waals surface area contributed by atoms with Crippen molar-refractivity contribution < 1.29 is 19.1 Å². The van der Waals surface area contributed by atoms with E-state index in [0.717, 1.165) is 55.0 Å². The second-order valence-corrected chi connectivity index (χ2v) is 14.8. The first-order valence-electron chi connectivity index (χ1n) is 17.8. The van der Waals surface area contributed by atoms with Crippen LogP contribution in [-0.2, 0) is 11.2 Å². The molecule has 3 aromatic rings. The number of aryl methyl sites for hydroxylation is 1. The molecule has 3 fully saturated rings. The second-order valence-electron chi connectivity index (χ2n) is 14.8. The van der Waals surface area contributed by atoms with Gasteiger partial charge in [-0.2, -0.15) is 0 Å². The van der Waals surface area contributed by atoms with Crippen molar-refractivity contribution in [3.63, 3.8) is 0 Å². The average molecular weight is 651 g/mol. The first kappa shape index (κ1) is 32.6. The largest absolute Gasteiger partial charge is 0.377 e. The summed E-state index contributed by atoms with van der Waals surface area (Å²) in [5, 5.41) is 12.3. The number of carbonyl (C=O) groups is 2. The second kappa shape index (κ2) is 12.5. The molecular weight excluding hydrogens is 603 g/mol.